The van der Waals surface area contributed by atoms with Crippen LogP contribution in [0.4, 0.5) is 5.69 Å². The van der Waals surface area contributed by atoms with E-state index < -0.39 is 11.2 Å². The highest BCUT2D eigenvalue weighted by atomic mass is 32.2. The quantitative estimate of drug-likeness (QED) is 0.757. The lowest BCUT2D eigenvalue weighted by Crippen LogP contribution is -2.28. The first-order chi connectivity index (χ1) is 10.9. The number of amides is 1. The number of carbonyl (C=O) groups is 1. The molecule has 1 amide bonds. The second kappa shape index (κ2) is 7.61. The van der Waals surface area contributed by atoms with Crippen molar-refractivity contribution < 1.29 is 9.35 Å². The summed E-state index contributed by atoms with van der Waals surface area (Å²) in [6, 6.07) is 3.60. The van der Waals surface area contributed by atoms with E-state index in [4.69, 9.17) is 0 Å². The minimum atomic E-state index is -0.976. The molecule has 0 fully saturated rings. The molecule has 1 unspecified atom stereocenters. The molecular formula is C16H22N4O2S. The van der Waals surface area contributed by atoms with Gasteiger partial charge in [0.1, 0.15) is 11.4 Å². The lowest BCUT2D eigenvalue weighted by Gasteiger charge is -2.17. The summed E-state index contributed by atoms with van der Waals surface area (Å²) in [5, 5.41) is 0. The molecule has 0 bridgehead atoms. The van der Waals surface area contributed by atoms with Gasteiger partial charge in [0.15, 0.2) is 11.6 Å². The van der Waals surface area contributed by atoms with Crippen molar-refractivity contribution in [1.82, 2.24) is 14.5 Å². The van der Waals surface area contributed by atoms with Crippen molar-refractivity contribution >= 4 is 22.8 Å². The number of imidazole rings is 1. The number of pyridine rings is 1. The van der Waals surface area contributed by atoms with Crippen LogP contribution < -0.4 is 4.90 Å². The van der Waals surface area contributed by atoms with Crippen LogP contribution in [0, 0.1) is 5.92 Å². The summed E-state index contributed by atoms with van der Waals surface area (Å²) in [6.07, 6.45) is 4.83. The number of nitrogens with zero attached hydrogens (tertiary/aromatic N) is 4. The normalized spacial score (nSPS) is 12.4. The molecule has 0 aromatic carbocycles. The first-order valence-electron chi connectivity index (χ1n) is 7.43. The van der Waals surface area contributed by atoms with E-state index in [1.54, 1.807) is 37.1 Å². The highest BCUT2D eigenvalue weighted by Gasteiger charge is 2.21. The van der Waals surface area contributed by atoms with Crippen molar-refractivity contribution in [2.45, 2.75) is 19.6 Å². The van der Waals surface area contributed by atoms with Crippen LogP contribution in [0.15, 0.2) is 30.7 Å². The molecule has 6 nitrogen and oxygen atoms in total. The van der Waals surface area contributed by atoms with Crippen LogP contribution in [0.2, 0.25) is 0 Å². The molecule has 0 saturated carbocycles. The molecular weight excluding hydrogens is 312 g/mol. The Morgan fingerprint density at radius 3 is 2.78 bits per heavy atom. The van der Waals surface area contributed by atoms with E-state index in [1.807, 2.05) is 19.9 Å². The number of anilines is 1. The second-order valence-electron chi connectivity index (χ2n) is 5.84. The predicted octanol–water partition coefficient (Wildman–Crippen LogP) is 2.00. The summed E-state index contributed by atoms with van der Waals surface area (Å²) in [5.41, 5.74) is 1.18. The van der Waals surface area contributed by atoms with Gasteiger partial charge in [-0.2, -0.15) is 0 Å². The van der Waals surface area contributed by atoms with Crippen LogP contribution in [-0.2, 0) is 24.0 Å². The SMILES string of the molecule is CC(C)C[S+]([O-])Cc1ncc(C(=O)N(C)c2cccnc2)n1C. The van der Waals surface area contributed by atoms with E-state index in [2.05, 4.69) is 9.97 Å². The highest BCUT2D eigenvalue weighted by Crippen LogP contribution is 2.16. The number of hydrogen-bond donors (Lipinski definition) is 0. The Bertz CT molecular complexity index is 657. The predicted molar refractivity (Wildman–Crippen MR) is 91.7 cm³/mol. The minimum Gasteiger partial charge on any atom is -0.616 e. The van der Waals surface area contributed by atoms with Gasteiger partial charge in [0.05, 0.1) is 18.1 Å². The Labute approximate surface area is 139 Å². The third-order valence-corrected chi connectivity index (χ3v) is 5.07. The van der Waals surface area contributed by atoms with E-state index in [9.17, 15) is 9.35 Å². The lowest BCUT2D eigenvalue weighted by molar-refractivity contribution is 0.0985. The maximum Gasteiger partial charge on any atom is 0.276 e. The highest BCUT2D eigenvalue weighted by molar-refractivity contribution is 7.90. The Kier molecular flexibility index (Phi) is 5.79. The van der Waals surface area contributed by atoms with Gasteiger partial charge in [-0.25, -0.2) is 4.98 Å². The summed E-state index contributed by atoms with van der Waals surface area (Å²) >= 11 is -0.976. The van der Waals surface area contributed by atoms with Crippen molar-refractivity contribution in [3.63, 3.8) is 0 Å². The minimum absolute atomic E-state index is 0.172. The average molecular weight is 334 g/mol. The number of rotatable bonds is 6. The molecule has 0 radical (unpaired) electrons. The fourth-order valence-corrected chi connectivity index (χ4v) is 3.61. The topological polar surface area (TPSA) is 74.1 Å². The smallest absolute Gasteiger partial charge is 0.276 e. The van der Waals surface area contributed by atoms with Gasteiger partial charge < -0.3 is 14.0 Å². The zero-order chi connectivity index (χ0) is 17.0. The fraction of sp³-hybridized carbons (Fsp3) is 0.438. The molecule has 7 heteroatoms. The van der Waals surface area contributed by atoms with Gasteiger partial charge in [-0.05, 0) is 29.2 Å². The largest absolute Gasteiger partial charge is 0.616 e. The van der Waals surface area contributed by atoms with E-state index in [0.717, 1.165) is 0 Å². The van der Waals surface area contributed by atoms with Crippen molar-refractivity contribution in [2.24, 2.45) is 13.0 Å². The molecule has 0 saturated heterocycles. The Morgan fingerprint density at radius 1 is 1.43 bits per heavy atom. The molecule has 0 aliphatic carbocycles. The van der Waals surface area contributed by atoms with Crippen LogP contribution in [0.25, 0.3) is 0 Å². The number of aromatic nitrogens is 3. The molecule has 1 atom stereocenters. The summed E-state index contributed by atoms with van der Waals surface area (Å²) in [5.74, 6) is 1.85. The van der Waals surface area contributed by atoms with Gasteiger partial charge in [0, 0.05) is 20.3 Å². The van der Waals surface area contributed by atoms with Gasteiger partial charge in [0.25, 0.3) is 5.91 Å². The summed E-state index contributed by atoms with van der Waals surface area (Å²) in [6.45, 7) is 4.07. The average Bonchev–Trinajstić information content (AvgIpc) is 2.87. The monoisotopic (exact) mass is 334 g/mol. The van der Waals surface area contributed by atoms with Crippen LogP contribution in [0.5, 0.6) is 0 Å². The van der Waals surface area contributed by atoms with E-state index in [-0.39, 0.29) is 5.91 Å². The first kappa shape index (κ1) is 17.5. The first-order valence-corrected chi connectivity index (χ1v) is 8.92. The van der Waals surface area contributed by atoms with Crippen LogP contribution in [-0.4, -0.2) is 37.8 Å². The number of carbonyl (C=O) groups excluding carboxylic acids is 1. The summed E-state index contributed by atoms with van der Waals surface area (Å²) in [4.78, 5) is 22.4. The molecule has 23 heavy (non-hydrogen) atoms. The molecule has 124 valence electrons. The third-order valence-electron chi connectivity index (χ3n) is 3.45. The molecule has 2 rings (SSSR count). The maximum atomic E-state index is 12.6. The van der Waals surface area contributed by atoms with E-state index in [1.165, 1.54) is 11.1 Å². The maximum absolute atomic E-state index is 12.6. The Hall–Kier alpha value is -1.86. The van der Waals surface area contributed by atoms with Gasteiger partial charge in [-0.15, -0.1) is 0 Å². The van der Waals surface area contributed by atoms with Crippen molar-refractivity contribution in [3.05, 3.63) is 42.2 Å². The van der Waals surface area contributed by atoms with Gasteiger partial charge >= 0.3 is 0 Å². The lowest BCUT2D eigenvalue weighted by atomic mass is 10.3. The van der Waals surface area contributed by atoms with Gasteiger partial charge in [-0.1, -0.05) is 13.8 Å². The molecule has 0 spiro atoms. The van der Waals surface area contributed by atoms with Crippen LogP contribution in [0.1, 0.15) is 30.2 Å². The molecule has 2 aromatic heterocycles. The molecule has 2 aromatic rings. The van der Waals surface area contributed by atoms with E-state index >= 15 is 0 Å². The van der Waals surface area contributed by atoms with E-state index in [0.29, 0.717) is 34.6 Å². The van der Waals surface area contributed by atoms with Gasteiger partial charge in [0.2, 0.25) is 0 Å². The fourth-order valence-electron chi connectivity index (χ4n) is 2.20. The molecule has 0 aliphatic rings. The van der Waals surface area contributed by atoms with Crippen molar-refractivity contribution in [3.8, 4) is 0 Å². The zero-order valence-corrected chi connectivity index (χ0v) is 14.7. The Balaban J connectivity index is 2.13. The Morgan fingerprint density at radius 2 is 2.17 bits per heavy atom. The molecule has 2 heterocycles. The standard InChI is InChI=1S/C16H22N4O2S/c1-12(2)10-23(22)11-15-18-9-14(20(15)4)16(21)19(3)13-6-5-7-17-8-13/h5-9,12H,10-11H2,1-4H3. The third kappa shape index (κ3) is 4.33. The number of hydrogen-bond acceptors (Lipinski definition) is 4. The molecule has 0 N–H and O–H groups in total. The van der Waals surface area contributed by atoms with Crippen LogP contribution in [0.3, 0.4) is 0 Å². The van der Waals surface area contributed by atoms with Gasteiger partial charge in [-0.3, -0.25) is 9.78 Å². The van der Waals surface area contributed by atoms with Crippen molar-refractivity contribution in [1.29, 1.82) is 0 Å². The second-order valence-corrected chi connectivity index (χ2v) is 7.34. The van der Waals surface area contributed by atoms with Crippen LogP contribution >= 0.6 is 0 Å². The van der Waals surface area contributed by atoms with Crippen molar-refractivity contribution in [2.75, 3.05) is 17.7 Å². The zero-order valence-electron chi connectivity index (χ0n) is 13.9. The molecule has 0 aliphatic heterocycles. The summed E-state index contributed by atoms with van der Waals surface area (Å²) in [7, 11) is 3.47. The summed E-state index contributed by atoms with van der Waals surface area (Å²) < 4.78 is 13.8.